The Balaban J connectivity index is 1.52. The van der Waals surface area contributed by atoms with Crippen LogP contribution in [-0.2, 0) is 11.3 Å². The van der Waals surface area contributed by atoms with Crippen molar-refractivity contribution in [1.29, 1.82) is 0 Å². The summed E-state index contributed by atoms with van der Waals surface area (Å²) in [5.41, 5.74) is 0.637. The summed E-state index contributed by atoms with van der Waals surface area (Å²) in [7, 11) is 1.60. The van der Waals surface area contributed by atoms with E-state index in [1.54, 1.807) is 47.2 Å². The normalized spacial score (nSPS) is 15.6. The molecule has 0 spiro atoms. The van der Waals surface area contributed by atoms with Gasteiger partial charge in [0.25, 0.3) is 5.91 Å². The molecule has 1 fully saturated rings. The number of nitrogens with zero attached hydrogens (tertiary/aromatic N) is 4. The topological polar surface area (TPSA) is 67.7 Å². The van der Waals surface area contributed by atoms with E-state index in [-0.39, 0.29) is 17.7 Å². The van der Waals surface area contributed by atoms with E-state index in [2.05, 4.69) is 5.10 Å². The van der Waals surface area contributed by atoms with Crippen LogP contribution in [0.2, 0.25) is 0 Å². The van der Waals surface area contributed by atoms with Crippen LogP contribution in [0, 0.1) is 5.92 Å². The lowest BCUT2D eigenvalue weighted by Gasteiger charge is -2.36. The number of piperazine rings is 1. The van der Waals surface area contributed by atoms with Gasteiger partial charge in [-0.3, -0.25) is 14.3 Å². The molecule has 0 N–H and O–H groups in total. The van der Waals surface area contributed by atoms with E-state index in [1.807, 2.05) is 24.1 Å². The maximum atomic E-state index is 12.6. The lowest BCUT2D eigenvalue weighted by atomic mass is 10.1. The van der Waals surface area contributed by atoms with E-state index in [9.17, 15) is 9.59 Å². The minimum atomic E-state index is -0.140. The van der Waals surface area contributed by atoms with Gasteiger partial charge in [0.15, 0.2) is 0 Å². The lowest BCUT2D eigenvalue weighted by molar-refractivity contribution is -0.137. The van der Waals surface area contributed by atoms with Crippen molar-refractivity contribution in [2.75, 3.05) is 33.3 Å². The van der Waals surface area contributed by atoms with Crippen LogP contribution in [0.4, 0.5) is 0 Å². The van der Waals surface area contributed by atoms with Gasteiger partial charge in [-0.2, -0.15) is 5.10 Å². The first kappa shape index (κ1) is 18.0. The molecule has 0 bridgehead atoms. The summed E-state index contributed by atoms with van der Waals surface area (Å²) in [5, 5.41) is 4.15. The van der Waals surface area contributed by atoms with E-state index in [0.717, 1.165) is 5.75 Å². The smallest absolute Gasteiger partial charge is 0.253 e. The molecule has 26 heavy (non-hydrogen) atoms. The summed E-state index contributed by atoms with van der Waals surface area (Å²) >= 11 is 0. The highest BCUT2D eigenvalue weighted by Crippen LogP contribution is 2.15. The maximum Gasteiger partial charge on any atom is 0.253 e. The molecule has 0 unspecified atom stereocenters. The Morgan fingerprint density at radius 2 is 1.77 bits per heavy atom. The number of hydrogen-bond acceptors (Lipinski definition) is 4. The van der Waals surface area contributed by atoms with Crippen molar-refractivity contribution in [2.45, 2.75) is 13.5 Å². The van der Waals surface area contributed by atoms with E-state index >= 15 is 0 Å². The van der Waals surface area contributed by atoms with Crippen LogP contribution < -0.4 is 4.74 Å². The molecule has 0 radical (unpaired) electrons. The molecule has 1 aliphatic heterocycles. The molecular weight excluding hydrogens is 332 g/mol. The van der Waals surface area contributed by atoms with Crippen molar-refractivity contribution in [1.82, 2.24) is 19.6 Å². The number of aromatic nitrogens is 2. The average molecular weight is 356 g/mol. The zero-order valence-electron chi connectivity index (χ0n) is 15.2. The number of carbonyl (C=O) groups is 2. The zero-order chi connectivity index (χ0) is 18.5. The molecule has 7 heteroatoms. The number of benzene rings is 1. The number of methoxy groups -OCH3 is 1. The first-order valence-corrected chi connectivity index (χ1v) is 8.78. The Hall–Kier alpha value is -2.83. The van der Waals surface area contributed by atoms with Gasteiger partial charge >= 0.3 is 0 Å². The number of ether oxygens (including phenoxy) is 1. The van der Waals surface area contributed by atoms with Gasteiger partial charge in [-0.15, -0.1) is 0 Å². The quantitative estimate of drug-likeness (QED) is 0.814. The van der Waals surface area contributed by atoms with Crippen molar-refractivity contribution in [2.24, 2.45) is 5.92 Å². The predicted octanol–water partition coefficient (Wildman–Crippen LogP) is 1.51. The number of hydrogen-bond donors (Lipinski definition) is 0. The van der Waals surface area contributed by atoms with Crippen LogP contribution in [-0.4, -0.2) is 64.7 Å². The van der Waals surface area contributed by atoms with E-state index in [1.165, 1.54) is 0 Å². The van der Waals surface area contributed by atoms with Gasteiger partial charge in [0.2, 0.25) is 5.91 Å². The summed E-state index contributed by atoms with van der Waals surface area (Å²) in [5.74, 6) is 0.684. The number of carbonyl (C=O) groups excluding carboxylic acids is 2. The predicted molar refractivity (Wildman–Crippen MR) is 96.9 cm³/mol. The Morgan fingerprint density at radius 3 is 2.35 bits per heavy atom. The molecule has 1 aliphatic rings. The molecule has 1 aromatic heterocycles. The largest absolute Gasteiger partial charge is 0.497 e. The van der Waals surface area contributed by atoms with E-state index in [0.29, 0.717) is 38.3 Å². The standard InChI is InChI=1S/C19H24N4O3/c1-15(14-23-9-3-8-20-23)18(24)21-10-12-22(13-11-21)19(25)16-4-6-17(26-2)7-5-16/h3-9,15H,10-14H2,1-2H3/t15-/m1/s1. The second-order valence-corrected chi connectivity index (χ2v) is 6.48. The highest BCUT2D eigenvalue weighted by atomic mass is 16.5. The maximum absolute atomic E-state index is 12.6. The van der Waals surface area contributed by atoms with Crippen molar-refractivity contribution in [3.05, 3.63) is 48.3 Å². The fraction of sp³-hybridized carbons (Fsp3) is 0.421. The molecule has 1 aromatic carbocycles. The SMILES string of the molecule is COc1ccc(C(=O)N2CCN(C(=O)[C@H](C)Cn3cccn3)CC2)cc1. The Kier molecular flexibility index (Phi) is 5.55. The van der Waals surface area contributed by atoms with E-state index < -0.39 is 0 Å². The summed E-state index contributed by atoms with van der Waals surface area (Å²) in [6.07, 6.45) is 3.57. The van der Waals surface area contributed by atoms with Gasteiger partial charge < -0.3 is 14.5 Å². The van der Waals surface area contributed by atoms with Gasteiger partial charge in [-0.25, -0.2) is 0 Å². The zero-order valence-corrected chi connectivity index (χ0v) is 15.2. The van der Waals surface area contributed by atoms with Gasteiger partial charge in [-0.05, 0) is 30.3 Å². The average Bonchev–Trinajstić information content (AvgIpc) is 3.20. The third-order valence-corrected chi connectivity index (χ3v) is 4.66. The van der Waals surface area contributed by atoms with Crippen molar-refractivity contribution < 1.29 is 14.3 Å². The third-order valence-electron chi connectivity index (χ3n) is 4.66. The van der Waals surface area contributed by atoms with Crippen LogP contribution in [0.1, 0.15) is 17.3 Å². The van der Waals surface area contributed by atoms with Gasteiger partial charge in [0.1, 0.15) is 5.75 Å². The molecule has 2 aromatic rings. The fourth-order valence-corrected chi connectivity index (χ4v) is 3.12. The second-order valence-electron chi connectivity index (χ2n) is 6.48. The van der Waals surface area contributed by atoms with Gasteiger partial charge in [0.05, 0.1) is 19.6 Å². The molecule has 1 saturated heterocycles. The second kappa shape index (κ2) is 8.03. The van der Waals surface area contributed by atoms with Crippen LogP contribution in [0.5, 0.6) is 5.75 Å². The summed E-state index contributed by atoms with van der Waals surface area (Å²) < 4.78 is 6.89. The van der Waals surface area contributed by atoms with Crippen LogP contribution in [0.25, 0.3) is 0 Å². The highest BCUT2D eigenvalue weighted by molar-refractivity contribution is 5.94. The molecule has 138 valence electrons. The van der Waals surface area contributed by atoms with Gasteiger partial charge in [0, 0.05) is 44.1 Å². The first-order valence-electron chi connectivity index (χ1n) is 8.78. The molecular formula is C19H24N4O3. The minimum absolute atomic E-state index is 0.00987. The molecule has 2 heterocycles. The number of rotatable bonds is 5. The van der Waals surface area contributed by atoms with E-state index in [4.69, 9.17) is 4.74 Å². The van der Waals surface area contributed by atoms with Gasteiger partial charge in [-0.1, -0.05) is 6.92 Å². The van der Waals surface area contributed by atoms with Crippen molar-refractivity contribution in [3.63, 3.8) is 0 Å². The minimum Gasteiger partial charge on any atom is -0.497 e. The van der Waals surface area contributed by atoms with Crippen molar-refractivity contribution in [3.8, 4) is 5.75 Å². The van der Waals surface area contributed by atoms with Crippen LogP contribution >= 0.6 is 0 Å². The van der Waals surface area contributed by atoms with Crippen LogP contribution in [0.3, 0.4) is 0 Å². The summed E-state index contributed by atoms with van der Waals surface area (Å²) in [4.78, 5) is 28.8. The van der Waals surface area contributed by atoms with Crippen molar-refractivity contribution >= 4 is 11.8 Å². The highest BCUT2D eigenvalue weighted by Gasteiger charge is 2.27. The Bertz CT molecular complexity index is 735. The molecule has 7 nitrogen and oxygen atoms in total. The van der Waals surface area contributed by atoms with Crippen LogP contribution in [0.15, 0.2) is 42.7 Å². The monoisotopic (exact) mass is 356 g/mol. The molecule has 3 rings (SSSR count). The molecule has 0 aliphatic carbocycles. The molecule has 2 amide bonds. The molecule has 0 saturated carbocycles. The third kappa shape index (κ3) is 4.04. The Labute approximate surface area is 153 Å². The Morgan fingerprint density at radius 1 is 1.12 bits per heavy atom. The number of amides is 2. The summed E-state index contributed by atoms with van der Waals surface area (Å²) in [6.45, 7) is 4.69. The summed E-state index contributed by atoms with van der Waals surface area (Å²) in [6, 6.07) is 8.95. The lowest BCUT2D eigenvalue weighted by Crippen LogP contribution is -2.52. The fourth-order valence-electron chi connectivity index (χ4n) is 3.12. The first-order chi connectivity index (χ1) is 12.6. The molecule has 1 atom stereocenters.